The lowest BCUT2D eigenvalue weighted by atomic mass is 10.0. The van der Waals surface area contributed by atoms with E-state index in [9.17, 15) is 78.0 Å². The van der Waals surface area contributed by atoms with Crippen LogP contribution in [0.1, 0.15) is 31.2 Å². The first-order valence-electron chi connectivity index (χ1n) is 21.7. The number of aromatic nitrogens is 1. The number of aliphatic carboxylic acids is 2. The fourth-order valence-electron chi connectivity index (χ4n) is 6.28. The molecule has 31 heteroatoms. The number of nitrogens with two attached hydrogens (primary N) is 2. The van der Waals surface area contributed by atoms with E-state index >= 15 is 0 Å². The molecule has 0 unspecified atom stereocenters. The summed E-state index contributed by atoms with van der Waals surface area (Å²) >= 11 is 1.36. The molecule has 1 aromatic heterocycles. The number of hydrogen-bond acceptors (Lipinski definition) is 18. The van der Waals surface area contributed by atoms with Crippen LogP contribution in [-0.2, 0) is 64.0 Å². The van der Waals surface area contributed by atoms with Crippen molar-refractivity contribution >= 4 is 93.7 Å². The highest BCUT2D eigenvalue weighted by molar-refractivity contribution is 7.98. The first-order valence-corrected chi connectivity index (χ1v) is 23.1. The zero-order valence-corrected chi connectivity index (χ0v) is 39.5. The molecule has 30 nitrogen and oxygen atoms in total. The summed E-state index contributed by atoms with van der Waals surface area (Å²) in [6.45, 7) is -6.19. The monoisotopic (exact) mass is 1040 g/mol. The predicted molar refractivity (Wildman–Crippen MR) is 249 cm³/mol. The molecule has 0 saturated carbocycles. The Kier molecular flexibility index (Phi) is 26.1. The van der Waals surface area contributed by atoms with Crippen LogP contribution in [0.3, 0.4) is 0 Å². The summed E-state index contributed by atoms with van der Waals surface area (Å²) in [4.78, 5) is 154. The number of aliphatic hydroxyl groups excluding tert-OH is 4. The number of benzene rings is 1. The summed E-state index contributed by atoms with van der Waals surface area (Å²) in [6.07, 6.45) is 1.50. The number of hydrogen-bond donors (Lipinski definition) is 18. The van der Waals surface area contributed by atoms with E-state index in [-0.39, 0.29) is 12.8 Å². The van der Waals surface area contributed by atoms with Gasteiger partial charge in [0.1, 0.15) is 42.3 Å². The molecule has 0 aliphatic heterocycles. The van der Waals surface area contributed by atoms with E-state index in [1.165, 1.54) is 11.8 Å². The smallest absolute Gasteiger partial charge is 0.328 e. The minimum atomic E-state index is -1.99. The standard InChI is InChI=1S/C41H60N12O18S/c1-72-9-8-24(49-34(63)21(42)10-19-12-44-22-5-3-2-4-20(19)22)38(67)51-26(15-54)36(65)46-13-31(59)47-23(6-7-30(43)58)37(66)52-28(17-56)40(69)50-25(11-33(61)62)35(64)45-14-32(60)48-27(16-55)39(68)53-29(18-57)41(70)71/h2-5,12,21,23-29,44,54-57H,6-11,13-18,42H2,1H3,(H2,43,58)(H,45,64)(H,46,65)(H,47,59)(H,48,60)(H,49,63)(H,50,69)(H,51,67)(H,52,66)(H,53,68)(H,61,62)(H,70,71)/t21-,23-,24-,25-,26-,27-,28-,29-/m0/s1. The lowest BCUT2D eigenvalue weighted by molar-refractivity contribution is -0.143. The van der Waals surface area contributed by atoms with Crippen LogP contribution in [0, 0.1) is 0 Å². The fourth-order valence-corrected chi connectivity index (χ4v) is 6.75. The summed E-state index contributed by atoms with van der Waals surface area (Å²) < 4.78 is 0. The van der Waals surface area contributed by atoms with Gasteiger partial charge in [-0.05, 0) is 42.9 Å². The number of para-hydroxylation sites is 1. The summed E-state index contributed by atoms with van der Waals surface area (Å²) in [5.74, 6) is -13.9. The number of carbonyl (C=O) groups excluding carboxylic acids is 10. The summed E-state index contributed by atoms with van der Waals surface area (Å²) in [6, 6.07) is -5.82. The van der Waals surface area contributed by atoms with Crippen molar-refractivity contribution in [1.29, 1.82) is 0 Å². The van der Waals surface area contributed by atoms with Gasteiger partial charge < -0.3 is 94.9 Å². The highest BCUT2D eigenvalue weighted by Gasteiger charge is 2.33. The molecule has 398 valence electrons. The molecular formula is C41H60N12O18S. The summed E-state index contributed by atoms with van der Waals surface area (Å²) in [7, 11) is 0. The molecule has 72 heavy (non-hydrogen) atoms. The molecule has 0 fully saturated rings. The second-order valence-corrected chi connectivity index (χ2v) is 16.6. The molecule has 0 radical (unpaired) electrons. The van der Waals surface area contributed by atoms with E-state index in [4.69, 9.17) is 21.7 Å². The lowest BCUT2D eigenvalue weighted by Crippen LogP contribution is -2.59. The van der Waals surface area contributed by atoms with Gasteiger partial charge >= 0.3 is 11.9 Å². The third-order valence-corrected chi connectivity index (χ3v) is 10.8. The number of fused-ring (bicyclic) bond motifs is 1. The van der Waals surface area contributed by atoms with E-state index in [1.807, 2.05) is 50.8 Å². The number of H-pyrrole nitrogens is 1. The van der Waals surface area contributed by atoms with Crippen molar-refractivity contribution in [3.8, 4) is 0 Å². The molecule has 0 aliphatic carbocycles. The van der Waals surface area contributed by atoms with E-state index in [1.54, 1.807) is 12.5 Å². The first kappa shape index (κ1) is 60.7. The summed E-state index contributed by atoms with van der Waals surface area (Å²) in [5.41, 5.74) is 13.0. The minimum Gasteiger partial charge on any atom is -0.481 e. The van der Waals surface area contributed by atoms with Crippen LogP contribution in [0.25, 0.3) is 10.9 Å². The number of primary amides is 1. The van der Waals surface area contributed by atoms with Crippen LogP contribution < -0.4 is 59.3 Å². The Labute approximate surface area is 413 Å². The molecule has 20 N–H and O–H groups in total. The topological polar surface area (TPSA) is 502 Å². The molecule has 8 atom stereocenters. The molecule has 0 aliphatic rings. The first-order chi connectivity index (χ1) is 34.1. The van der Waals surface area contributed by atoms with Crippen molar-refractivity contribution in [3.05, 3.63) is 36.0 Å². The molecule has 1 heterocycles. The van der Waals surface area contributed by atoms with Gasteiger partial charge in [0.2, 0.25) is 59.1 Å². The van der Waals surface area contributed by atoms with Gasteiger partial charge in [-0.15, -0.1) is 0 Å². The SMILES string of the molecule is CSCC[C@H](NC(=O)[C@@H](N)Cc1c[nH]c2ccccc12)C(=O)N[C@@H](CO)C(=O)NCC(=O)N[C@@H](CCC(N)=O)C(=O)N[C@@H](CO)C(=O)N[C@@H](CC(=O)O)C(=O)NCC(=O)N[C@@H](CO)C(=O)N[C@@H](CO)C(=O)O. The molecule has 2 aromatic rings. The van der Waals surface area contributed by atoms with Crippen LogP contribution in [0.15, 0.2) is 30.5 Å². The maximum Gasteiger partial charge on any atom is 0.328 e. The Morgan fingerprint density at radius 2 is 1.03 bits per heavy atom. The number of nitrogens with one attached hydrogen (secondary N) is 10. The Morgan fingerprint density at radius 3 is 1.54 bits per heavy atom. The maximum atomic E-state index is 13.3. The molecule has 0 bridgehead atoms. The normalized spacial score (nSPS) is 14.2. The third kappa shape index (κ3) is 20.5. The van der Waals surface area contributed by atoms with Gasteiger partial charge in [-0.25, -0.2) is 4.79 Å². The average Bonchev–Trinajstić information content (AvgIpc) is 3.75. The number of carbonyl (C=O) groups is 12. The summed E-state index contributed by atoms with van der Waals surface area (Å²) in [5, 5.41) is 76.7. The van der Waals surface area contributed by atoms with E-state index in [2.05, 4.69) is 26.3 Å². The molecular weight excluding hydrogens is 981 g/mol. The van der Waals surface area contributed by atoms with Crippen LogP contribution in [-0.4, -0.2) is 206 Å². The average molecular weight is 1040 g/mol. The highest BCUT2D eigenvalue weighted by Crippen LogP contribution is 2.19. The molecule has 1 aromatic carbocycles. The van der Waals surface area contributed by atoms with Gasteiger partial charge in [0.05, 0.1) is 52.0 Å². The van der Waals surface area contributed by atoms with Crippen molar-refractivity contribution in [2.24, 2.45) is 11.5 Å². The van der Waals surface area contributed by atoms with Crippen LogP contribution in [0.5, 0.6) is 0 Å². The number of thioether (sulfide) groups is 1. The van der Waals surface area contributed by atoms with Crippen molar-refractivity contribution in [1.82, 2.24) is 52.8 Å². The zero-order chi connectivity index (χ0) is 54.1. The maximum absolute atomic E-state index is 13.3. The number of rotatable bonds is 33. The molecule has 0 spiro atoms. The Morgan fingerprint density at radius 1 is 0.583 bits per heavy atom. The van der Waals surface area contributed by atoms with Gasteiger partial charge in [0, 0.05) is 23.5 Å². The van der Waals surface area contributed by atoms with Crippen molar-refractivity contribution < 1.29 is 88.2 Å². The van der Waals surface area contributed by atoms with Crippen LogP contribution in [0.2, 0.25) is 0 Å². The van der Waals surface area contributed by atoms with Gasteiger partial charge in [-0.3, -0.25) is 52.7 Å². The van der Waals surface area contributed by atoms with Crippen LogP contribution in [0.4, 0.5) is 0 Å². The number of carboxylic acid groups (broad SMARTS) is 2. The van der Waals surface area contributed by atoms with Gasteiger partial charge in [-0.1, -0.05) is 18.2 Å². The Hall–Kier alpha value is -7.45. The quantitative estimate of drug-likeness (QED) is 0.0316. The predicted octanol–water partition coefficient (Wildman–Crippen LogP) is -8.79. The zero-order valence-electron chi connectivity index (χ0n) is 38.6. The molecule has 0 saturated heterocycles. The van der Waals surface area contributed by atoms with E-state index < -0.39 is 178 Å². The lowest BCUT2D eigenvalue weighted by Gasteiger charge is -2.24. The molecule has 10 amide bonds. The largest absolute Gasteiger partial charge is 0.481 e. The minimum absolute atomic E-state index is 0.0955. The van der Waals surface area contributed by atoms with Crippen molar-refractivity contribution in [2.75, 3.05) is 51.5 Å². The second-order valence-electron chi connectivity index (χ2n) is 15.6. The van der Waals surface area contributed by atoms with Gasteiger partial charge in [0.25, 0.3) is 0 Å². The number of amides is 10. The van der Waals surface area contributed by atoms with Gasteiger partial charge in [0.15, 0.2) is 0 Å². The van der Waals surface area contributed by atoms with Crippen LogP contribution >= 0.6 is 11.8 Å². The Bertz CT molecular complexity index is 2270. The second kappa shape index (κ2) is 31.0. The number of aliphatic hydroxyl groups is 4. The van der Waals surface area contributed by atoms with E-state index in [0.717, 1.165) is 16.5 Å². The van der Waals surface area contributed by atoms with Crippen molar-refractivity contribution in [2.45, 2.75) is 80.4 Å². The van der Waals surface area contributed by atoms with Gasteiger partial charge in [-0.2, -0.15) is 11.8 Å². The fraction of sp³-hybridized carbons (Fsp3) is 0.512. The number of carboxylic acids is 2. The van der Waals surface area contributed by atoms with E-state index in [0.29, 0.717) is 5.75 Å². The number of aromatic amines is 1. The third-order valence-electron chi connectivity index (χ3n) is 10.1. The van der Waals surface area contributed by atoms with Crippen molar-refractivity contribution in [3.63, 3.8) is 0 Å². The highest BCUT2D eigenvalue weighted by atomic mass is 32.2. The Balaban J connectivity index is 2.05. The molecule has 2 rings (SSSR count).